The average Bonchev–Trinajstić information content (AvgIpc) is 2.96. The minimum atomic E-state index is -1.05. The molecule has 2 fully saturated rings. The zero-order valence-corrected chi connectivity index (χ0v) is 28.4. The van der Waals surface area contributed by atoms with Crippen LogP contribution in [0, 0.1) is 11.8 Å². The largest absolute Gasteiger partial charge is 0.478 e. The number of hydrogen-bond acceptors (Lipinski definition) is 4. The van der Waals surface area contributed by atoms with Crippen LogP contribution in [-0.2, 0) is 12.8 Å². The van der Waals surface area contributed by atoms with Gasteiger partial charge >= 0.3 is 11.9 Å². The van der Waals surface area contributed by atoms with Gasteiger partial charge in [0.25, 0.3) is 0 Å². The van der Waals surface area contributed by atoms with Gasteiger partial charge in [-0.1, -0.05) is 47.6 Å². The van der Waals surface area contributed by atoms with E-state index >= 15 is 0 Å². The highest BCUT2D eigenvalue weighted by Crippen LogP contribution is 2.47. The van der Waals surface area contributed by atoms with Crippen molar-refractivity contribution in [3.8, 4) is 0 Å². The SMILES string of the molecule is CCC1(C)CCC(C)C(C)(CC)N1CCc1ccc(C(=O)O)c(CCN2C(C)(CC)CCC(C)C2(C)CC)c1C(=O)O. The number of carboxylic acids is 2. The summed E-state index contributed by atoms with van der Waals surface area (Å²) >= 11 is 0. The smallest absolute Gasteiger partial charge is 0.336 e. The lowest BCUT2D eigenvalue weighted by Gasteiger charge is -2.59. The maximum Gasteiger partial charge on any atom is 0.336 e. The second-order valence-corrected chi connectivity index (χ2v) is 14.5. The maximum absolute atomic E-state index is 12.9. The number of carbonyl (C=O) groups is 2. The van der Waals surface area contributed by atoms with Gasteiger partial charge in [-0.25, -0.2) is 9.59 Å². The third-order valence-electron chi connectivity index (χ3n) is 12.9. The standard InChI is InChI=1S/C36H60N2O4/c1-11-33(7)21-17-25(5)35(9,13-3)37(33)23-19-27-15-16-29(31(39)40)28(30(27)32(41)42)20-24-38-34(8,12-2)22-18-26(6)36(38,10)14-4/h15-16,25-26H,11-14,17-24H2,1-10H3,(H,39,40)(H,41,42). The number of piperidine rings is 2. The molecule has 0 aromatic heterocycles. The van der Waals surface area contributed by atoms with E-state index in [1.165, 1.54) is 12.8 Å². The molecule has 6 atom stereocenters. The number of carboxylic acid groups (broad SMARTS) is 2. The molecule has 0 radical (unpaired) electrons. The van der Waals surface area contributed by atoms with Gasteiger partial charge in [0.15, 0.2) is 0 Å². The van der Waals surface area contributed by atoms with Crippen molar-refractivity contribution in [2.45, 2.75) is 156 Å². The Balaban J connectivity index is 2.04. The van der Waals surface area contributed by atoms with Crippen LogP contribution in [0.1, 0.15) is 152 Å². The Morgan fingerprint density at radius 2 is 1.19 bits per heavy atom. The minimum absolute atomic E-state index is 0.00181. The van der Waals surface area contributed by atoms with Crippen LogP contribution in [0.5, 0.6) is 0 Å². The number of benzene rings is 1. The molecule has 0 aliphatic carbocycles. The molecule has 0 amide bonds. The number of hydrogen-bond donors (Lipinski definition) is 2. The zero-order valence-electron chi connectivity index (χ0n) is 28.4. The summed E-state index contributed by atoms with van der Waals surface area (Å²) in [6, 6.07) is 3.43. The van der Waals surface area contributed by atoms with Crippen molar-refractivity contribution in [3.63, 3.8) is 0 Å². The van der Waals surface area contributed by atoms with Crippen LogP contribution in [0.2, 0.25) is 0 Å². The van der Waals surface area contributed by atoms with E-state index in [-0.39, 0.29) is 33.3 Å². The highest BCUT2D eigenvalue weighted by Gasteiger charge is 2.49. The summed E-state index contributed by atoms with van der Waals surface area (Å²) < 4.78 is 0. The number of rotatable bonds is 12. The molecule has 0 bridgehead atoms. The Labute approximate surface area is 256 Å². The molecule has 2 saturated heterocycles. The van der Waals surface area contributed by atoms with Gasteiger partial charge in [0.1, 0.15) is 0 Å². The van der Waals surface area contributed by atoms with Crippen LogP contribution >= 0.6 is 0 Å². The third kappa shape index (κ3) is 6.04. The Kier molecular flexibility index (Phi) is 10.7. The Morgan fingerprint density at radius 1 is 0.738 bits per heavy atom. The molecule has 2 aliphatic heterocycles. The normalized spacial score (nSPS) is 34.4. The van der Waals surface area contributed by atoms with Crippen LogP contribution in [0.4, 0.5) is 0 Å². The van der Waals surface area contributed by atoms with E-state index in [1.54, 1.807) is 12.1 Å². The van der Waals surface area contributed by atoms with Crippen LogP contribution < -0.4 is 0 Å². The molecule has 6 nitrogen and oxygen atoms in total. The second-order valence-electron chi connectivity index (χ2n) is 14.5. The summed E-state index contributed by atoms with van der Waals surface area (Å²) in [6.45, 7) is 24.5. The summed E-state index contributed by atoms with van der Waals surface area (Å²) in [5.41, 5.74) is 1.64. The first kappa shape index (κ1) is 34.6. The van der Waals surface area contributed by atoms with Crippen LogP contribution in [0.25, 0.3) is 0 Å². The first-order valence-electron chi connectivity index (χ1n) is 16.7. The molecule has 2 heterocycles. The van der Waals surface area contributed by atoms with Crippen molar-refractivity contribution in [1.29, 1.82) is 0 Å². The van der Waals surface area contributed by atoms with E-state index in [9.17, 15) is 19.8 Å². The number of likely N-dealkylation sites (tertiary alicyclic amines) is 2. The van der Waals surface area contributed by atoms with Gasteiger partial charge in [0, 0.05) is 35.2 Å². The average molecular weight is 585 g/mol. The second kappa shape index (κ2) is 13.0. The molecule has 3 rings (SSSR count). The van der Waals surface area contributed by atoms with Gasteiger partial charge in [0.2, 0.25) is 0 Å². The lowest BCUT2D eigenvalue weighted by atomic mass is 9.69. The van der Waals surface area contributed by atoms with Gasteiger partial charge in [-0.3, -0.25) is 9.80 Å². The maximum atomic E-state index is 12.9. The highest BCUT2D eigenvalue weighted by atomic mass is 16.4. The molecular formula is C36H60N2O4. The van der Waals surface area contributed by atoms with E-state index in [2.05, 4.69) is 79.0 Å². The molecule has 0 spiro atoms. The Morgan fingerprint density at radius 3 is 1.57 bits per heavy atom. The van der Waals surface area contributed by atoms with Crippen molar-refractivity contribution in [1.82, 2.24) is 9.80 Å². The van der Waals surface area contributed by atoms with Gasteiger partial charge in [-0.2, -0.15) is 0 Å². The van der Waals surface area contributed by atoms with E-state index in [0.29, 0.717) is 36.8 Å². The van der Waals surface area contributed by atoms with Crippen molar-refractivity contribution < 1.29 is 19.8 Å². The van der Waals surface area contributed by atoms with Crippen LogP contribution in [-0.4, -0.2) is 67.2 Å². The van der Waals surface area contributed by atoms with Gasteiger partial charge in [-0.05, 0) is 121 Å². The Bertz CT molecular complexity index is 1140. The molecule has 0 saturated carbocycles. The molecule has 6 heteroatoms. The molecule has 1 aromatic rings. The molecule has 1 aromatic carbocycles. The van der Waals surface area contributed by atoms with Gasteiger partial charge in [-0.15, -0.1) is 0 Å². The Hall–Kier alpha value is -1.92. The molecule has 6 unspecified atom stereocenters. The predicted molar refractivity (Wildman–Crippen MR) is 173 cm³/mol. The van der Waals surface area contributed by atoms with Crippen molar-refractivity contribution in [2.75, 3.05) is 13.1 Å². The summed E-state index contributed by atoms with van der Waals surface area (Å²) in [6.07, 6.45) is 9.70. The van der Waals surface area contributed by atoms with E-state index < -0.39 is 11.9 Å². The molecular weight excluding hydrogens is 524 g/mol. The minimum Gasteiger partial charge on any atom is -0.478 e. The van der Waals surface area contributed by atoms with E-state index in [0.717, 1.165) is 50.6 Å². The lowest BCUT2D eigenvalue weighted by Crippen LogP contribution is -2.64. The van der Waals surface area contributed by atoms with E-state index in [4.69, 9.17) is 0 Å². The topological polar surface area (TPSA) is 81.1 Å². The van der Waals surface area contributed by atoms with Crippen LogP contribution in [0.15, 0.2) is 12.1 Å². The summed E-state index contributed by atoms with van der Waals surface area (Å²) in [5, 5.41) is 20.8. The fourth-order valence-corrected chi connectivity index (χ4v) is 8.66. The monoisotopic (exact) mass is 584 g/mol. The summed E-state index contributed by atoms with van der Waals surface area (Å²) in [4.78, 5) is 30.6. The third-order valence-corrected chi connectivity index (χ3v) is 12.9. The van der Waals surface area contributed by atoms with Crippen LogP contribution in [0.3, 0.4) is 0 Å². The fourth-order valence-electron chi connectivity index (χ4n) is 8.66. The van der Waals surface area contributed by atoms with Gasteiger partial charge < -0.3 is 10.2 Å². The zero-order chi connectivity index (χ0) is 31.7. The molecule has 238 valence electrons. The van der Waals surface area contributed by atoms with Crippen molar-refractivity contribution in [3.05, 3.63) is 34.4 Å². The first-order valence-corrected chi connectivity index (χ1v) is 16.7. The predicted octanol–water partition coefficient (Wildman–Crippen LogP) is 8.31. The van der Waals surface area contributed by atoms with Crippen molar-refractivity contribution in [2.24, 2.45) is 11.8 Å². The lowest BCUT2D eigenvalue weighted by molar-refractivity contribution is -0.0815. The fraction of sp³-hybridized carbons (Fsp3) is 0.778. The number of aromatic carboxylic acids is 2. The summed E-state index contributed by atoms with van der Waals surface area (Å²) in [7, 11) is 0. The number of nitrogens with zero attached hydrogens (tertiary/aromatic N) is 2. The van der Waals surface area contributed by atoms with Crippen molar-refractivity contribution >= 4 is 11.9 Å². The molecule has 2 aliphatic rings. The van der Waals surface area contributed by atoms with Gasteiger partial charge in [0.05, 0.1) is 11.1 Å². The quantitative estimate of drug-likeness (QED) is 0.257. The first-order chi connectivity index (χ1) is 19.6. The van der Waals surface area contributed by atoms with E-state index in [1.807, 2.05) is 0 Å². The highest BCUT2D eigenvalue weighted by molar-refractivity contribution is 5.97. The summed E-state index contributed by atoms with van der Waals surface area (Å²) in [5.74, 6) is -1.00. The molecule has 2 N–H and O–H groups in total. The molecule has 42 heavy (non-hydrogen) atoms.